The van der Waals surface area contributed by atoms with Crippen LogP contribution >= 0.6 is 0 Å². The molecule has 64 valence electrons. The van der Waals surface area contributed by atoms with Gasteiger partial charge in [-0.2, -0.15) is 0 Å². The van der Waals surface area contributed by atoms with Crippen molar-refractivity contribution in [2.75, 3.05) is 6.54 Å². The summed E-state index contributed by atoms with van der Waals surface area (Å²) in [5, 5.41) is 2.56. The molecule has 0 amide bonds. The first-order valence-corrected chi connectivity index (χ1v) is 6.84. The number of benzene rings is 1. The SMILES string of the molecule is C[CH2][Al]([CH2]CN)[c]1ccccc1. The van der Waals surface area contributed by atoms with Crippen LogP contribution in [0.4, 0.5) is 0 Å². The van der Waals surface area contributed by atoms with E-state index in [9.17, 15) is 0 Å². The molecule has 0 fully saturated rings. The van der Waals surface area contributed by atoms with Crippen LogP contribution in [0.3, 0.4) is 0 Å². The summed E-state index contributed by atoms with van der Waals surface area (Å²) in [7, 11) is 0. The second kappa shape index (κ2) is 5.37. The first kappa shape index (κ1) is 9.80. The summed E-state index contributed by atoms with van der Waals surface area (Å²) in [5.41, 5.74) is 5.58. The Morgan fingerprint density at radius 2 is 1.92 bits per heavy atom. The Hall–Kier alpha value is -0.288. The van der Waals surface area contributed by atoms with Crippen molar-refractivity contribution in [1.82, 2.24) is 0 Å². The fourth-order valence-electron chi connectivity index (χ4n) is 1.53. The van der Waals surface area contributed by atoms with Crippen LogP contribution in [0.25, 0.3) is 0 Å². The molecule has 0 heterocycles. The van der Waals surface area contributed by atoms with Crippen molar-refractivity contribution in [2.24, 2.45) is 5.73 Å². The lowest BCUT2D eigenvalue weighted by Gasteiger charge is -2.07. The highest BCUT2D eigenvalue weighted by Crippen LogP contribution is 1.98. The molecule has 0 aliphatic heterocycles. The number of hydrogen-bond acceptors (Lipinski definition) is 1. The Balaban J connectivity index is 2.66. The van der Waals surface area contributed by atoms with Crippen LogP contribution < -0.4 is 10.2 Å². The lowest BCUT2D eigenvalue weighted by Crippen LogP contribution is -2.30. The first-order valence-electron chi connectivity index (χ1n) is 4.63. The summed E-state index contributed by atoms with van der Waals surface area (Å²) in [6, 6.07) is 10.8. The van der Waals surface area contributed by atoms with E-state index in [1.807, 2.05) is 0 Å². The third-order valence-electron chi connectivity index (χ3n) is 2.28. The smallest absolute Gasteiger partial charge is 0.306 e. The number of rotatable bonds is 4. The molecule has 0 aromatic heterocycles. The van der Waals surface area contributed by atoms with E-state index in [-0.39, 0.29) is 0 Å². The normalized spacial score (nSPS) is 9.83. The molecular formula is C10H16AlN. The average molecular weight is 177 g/mol. The number of hydrogen-bond donors (Lipinski definition) is 1. The van der Waals surface area contributed by atoms with Crippen LogP contribution in [0.1, 0.15) is 6.92 Å². The van der Waals surface area contributed by atoms with Crippen LogP contribution in [0.15, 0.2) is 30.3 Å². The largest absolute Gasteiger partial charge is 0.332 e. The minimum atomic E-state index is -0.696. The molecule has 0 atom stereocenters. The standard InChI is InChI=1S/C6H5.C2H6N.C2H5.Al/c1-2-4-6-5-3-1;1-2-3;1-2;/h1-5H;1-3H2;1H2,2H3;. The fourth-order valence-corrected chi connectivity index (χ4v) is 3.91. The van der Waals surface area contributed by atoms with Crippen LogP contribution in [0.5, 0.6) is 0 Å². The molecule has 0 radical (unpaired) electrons. The van der Waals surface area contributed by atoms with Crippen molar-refractivity contribution in [3.63, 3.8) is 0 Å². The van der Waals surface area contributed by atoms with E-state index < -0.39 is 14.1 Å². The van der Waals surface area contributed by atoms with E-state index in [0.29, 0.717) is 0 Å². The molecular weight excluding hydrogens is 161 g/mol. The molecule has 2 N–H and O–H groups in total. The highest BCUT2D eigenvalue weighted by molar-refractivity contribution is 6.73. The van der Waals surface area contributed by atoms with Gasteiger partial charge < -0.3 is 5.73 Å². The molecule has 0 unspecified atom stereocenters. The van der Waals surface area contributed by atoms with Crippen LogP contribution in [0.2, 0.25) is 10.6 Å². The Morgan fingerprint density at radius 3 is 2.42 bits per heavy atom. The van der Waals surface area contributed by atoms with Crippen LogP contribution in [-0.4, -0.2) is 20.7 Å². The van der Waals surface area contributed by atoms with E-state index >= 15 is 0 Å². The van der Waals surface area contributed by atoms with Gasteiger partial charge in [-0.25, -0.2) is 0 Å². The van der Waals surface area contributed by atoms with Crippen LogP contribution in [0, 0.1) is 0 Å². The molecule has 0 spiro atoms. The summed E-state index contributed by atoms with van der Waals surface area (Å²) in [6.07, 6.45) is 0. The molecule has 0 saturated heterocycles. The molecule has 0 aliphatic rings. The lowest BCUT2D eigenvalue weighted by atomic mass is 10.4. The third-order valence-corrected chi connectivity index (χ3v) is 5.62. The van der Waals surface area contributed by atoms with Crippen LogP contribution in [-0.2, 0) is 0 Å². The van der Waals surface area contributed by atoms with Crippen molar-refractivity contribution >= 4 is 18.6 Å². The van der Waals surface area contributed by atoms with Gasteiger partial charge in [-0.1, -0.05) is 47.8 Å². The van der Waals surface area contributed by atoms with E-state index in [4.69, 9.17) is 5.73 Å². The molecule has 2 heteroatoms. The van der Waals surface area contributed by atoms with Gasteiger partial charge in [0.05, 0.1) is 0 Å². The molecule has 12 heavy (non-hydrogen) atoms. The van der Waals surface area contributed by atoms with Crippen molar-refractivity contribution in [1.29, 1.82) is 0 Å². The Kier molecular flexibility index (Phi) is 4.39. The third kappa shape index (κ3) is 2.64. The van der Waals surface area contributed by atoms with Gasteiger partial charge >= 0.3 is 14.1 Å². The van der Waals surface area contributed by atoms with E-state index in [0.717, 1.165) is 6.54 Å². The van der Waals surface area contributed by atoms with Gasteiger partial charge in [0.2, 0.25) is 0 Å². The quantitative estimate of drug-likeness (QED) is 0.690. The molecule has 1 nitrogen and oxygen atoms in total. The number of nitrogens with two attached hydrogens (primary N) is 1. The molecule has 0 aliphatic carbocycles. The van der Waals surface area contributed by atoms with Gasteiger partial charge in [-0.3, -0.25) is 0 Å². The monoisotopic (exact) mass is 177 g/mol. The van der Waals surface area contributed by atoms with Crippen molar-refractivity contribution in [2.45, 2.75) is 17.5 Å². The maximum absolute atomic E-state index is 5.58. The zero-order valence-electron chi connectivity index (χ0n) is 7.66. The predicted molar refractivity (Wildman–Crippen MR) is 56.2 cm³/mol. The van der Waals surface area contributed by atoms with Crippen molar-refractivity contribution < 1.29 is 0 Å². The summed E-state index contributed by atoms with van der Waals surface area (Å²) in [5.74, 6) is 0. The van der Waals surface area contributed by atoms with E-state index in [1.54, 1.807) is 4.43 Å². The van der Waals surface area contributed by atoms with E-state index in [1.165, 1.54) is 10.6 Å². The minimum absolute atomic E-state index is 0.696. The Morgan fingerprint density at radius 1 is 1.25 bits per heavy atom. The van der Waals surface area contributed by atoms with Gasteiger partial charge in [-0.05, 0) is 6.54 Å². The highest BCUT2D eigenvalue weighted by atomic mass is 27.2. The van der Waals surface area contributed by atoms with Gasteiger partial charge in [0.25, 0.3) is 0 Å². The molecule has 0 bridgehead atoms. The van der Waals surface area contributed by atoms with Crippen molar-refractivity contribution in [3.8, 4) is 0 Å². The fraction of sp³-hybridized carbons (Fsp3) is 0.400. The summed E-state index contributed by atoms with van der Waals surface area (Å²) >= 11 is -0.696. The second-order valence-corrected chi connectivity index (χ2v) is 6.55. The van der Waals surface area contributed by atoms with Crippen molar-refractivity contribution in [3.05, 3.63) is 30.3 Å². The topological polar surface area (TPSA) is 26.0 Å². The zero-order valence-corrected chi connectivity index (χ0v) is 8.82. The minimum Gasteiger partial charge on any atom is -0.332 e. The molecule has 0 saturated carbocycles. The van der Waals surface area contributed by atoms with Gasteiger partial charge in [-0.15, -0.1) is 4.43 Å². The average Bonchev–Trinajstić information content (AvgIpc) is 2.15. The molecule has 1 aromatic rings. The van der Waals surface area contributed by atoms with Gasteiger partial charge in [0.15, 0.2) is 0 Å². The summed E-state index contributed by atoms with van der Waals surface area (Å²) in [6.45, 7) is 3.12. The summed E-state index contributed by atoms with van der Waals surface area (Å²) < 4.78 is 1.56. The predicted octanol–water partition coefficient (Wildman–Crippen LogP) is 1.37. The van der Waals surface area contributed by atoms with Gasteiger partial charge in [0.1, 0.15) is 0 Å². The first-order chi connectivity index (χ1) is 5.88. The Labute approximate surface area is 79.0 Å². The Bertz CT molecular complexity index is 210. The zero-order chi connectivity index (χ0) is 8.81. The molecule has 1 rings (SSSR count). The summed E-state index contributed by atoms with van der Waals surface area (Å²) in [4.78, 5) is 0. The molecule has 1 aromatic carbocycles. The maximum Gasteiger partial charge on any atom is 0.306 e. The highest BCUT2D eigenvalue weighted by Gasteiger charge is 2.14. The van der Waals surface area contributed by atoms with Gasteiger partial charge in [0, 0.05) is 0 Å². The van der Waals surface area contributed by atoms with E-state index in [2.05, 4.69) is 37.3 Å². The second-order valence-electron chi connectivity index (χ2n) is 3.09. The lowest BCUT2D eigenvalue weighted by molar-refractivity contribution is 1.10. The maximum atomic E-state index is 5.58.